The average Bonchev–Trinajstić information content (AvgIpc) is 2.63. The highest BCUT2D eigenvalue weighted by Crippen LogP contribution is 2.32. The van der Waals surface area contributed by atoms with Gasteiger partial charge in [-0.15, -0.1) is 0 Å². The fraction of sp³-hybridized carbons (Fsp3) is 0.316. The minimum atomic E-state index is -4.62. The summed E-state index contributed by atoms with van der Waals surface area (Å²) in [6, 6.07) is 11.1. The first kappa shape index (κ1) is 23.0. The molecule has 2 aromatic rings. The molecule has 0 saturated heterocycles. The van der Waals surface area contributed by atoms with Crippen molar-refractivity contribution in [1.29, 1.82) is 0 Å². The summed E-state index contributed by atoms with van der Waals surface area (Å²) in [7, 11) is -3.97. The number of nitrogens with one attached hydrogen (secondary N) is 1. The van der Waals surface area contributed by atoms with Crippen molar-refractivity contribution in [3.05, 3.63) is 64.7 Å². The van der Waals surface area contributed by atoms with Crippen LogP contribution in [0.3, 0.4) is 0 Å². The Balaban J connectivity index is 2.00. The molecule has 0 heterocycles. The summed E-state index contributed by atoms with van der Waals surface area (Å²) < 4.78 is 63.4. The number of carbonyl (C=O) groups excluding carboxylic acids is 1. The molecule has 2 rings (SSSR count). The first-order valence-corrected chi connectivity index (χ1v) is 10.9. The number of sulfonamides is 1. The zero-order valence-corrected chi connectivity index (χ0v) is 17.1. The van der Waals surface area contributed by atoms with E-state index in [0.717, 1.165) is 24.0 Å². The smallest absolute Gasteiger partial charge is 0.355 e. The Labute approximate surface area is 172 Å². The van der Waals surface area contributed by atoms with Crippen molar-refractivity contribution in [2.75, 3.05) is 23.7 Å². The quantitative estimate of drug-likeness (QED) is 0.623. The van der Waals surface area contributed by atoms with E-state index in [4.69, 9.17) is 11.6 Å². The minimum Gasteiger partial charge on any atom is -0.355 e. The predicted molar refractivity (Wildman–Crippen MR) is 106 cm³/mol. The van der Waals surface area contributed by atoms with E-state index in [-0.39, 0.29) is 12.2 Å². The van der Waals surface area contributed by atoms with Gasteiger partial charge in [0.2, 0.25) is 15.9 Å². The molecule has 0 fully saturated rings. The third-order valence-electron chi connectivity index (χ3n) is 4.05. The fourth-order valence-corrected chi connectivity index (χ4v) is 3.71. The summed E-state index contributed by atoms with van der Waals surface area (Å²) in [6.07, 6.45) is -2.61. The largest absolute Gasteiger partial charge is 0.416 e. The molecule has 0 aliphatic heterocycles. The second kappa shape index (κ2) is 9.49. The summed E-state index contributed by atoms with van der Waals surface area (Å²) in [5, 5.41) is 3.20. The molecule has 1 amide bonds. The summed E-state index contributed by atoms with van der Waals surface area (Å²) in [5.41, 5.74) is -0.303. The van der Waals surface area contributed by atoms with E-state index in [1.165, 1.54) is 6.07 Å². The van der Waals surface area contributed by atoms with Crippen LogP contribution < -0.4 is 9.62 Å². The van der Waals surface area contributed by atoms with Crippen molar-refractivity contribution in [2.45, 2.75) is 19.0 Å². The second-order valence-corrected chi connectivity index (χ2v) is 8.68. The molecule has 0 unspecified atom stereocenters. The number of rotatable bonds is 8. The van der Waals surface area contributed by atoms with E-state index >= 15 is 0 Å². The van der Waals surface area contributed by atoms with Gasteiger partial charge in [0, 0.05) is 11.6 Å². The lowest BCUT2D eigenvalue weighted by atomic mass is 10.1. The Kier molecular flexibility index (Phi) is 7.54. The fourth-order valence-electron chi connectivity index (χ4n) is 2.63. The van der Waals surface area contributed by atoms with E-state index in [9.17, 15) is 26.4 Å². The van der Waals surface area contributed by atoms with Gasteiger partial charge in [-0.3, -0.25) is 9.10 Å². The van der Waals surface area contributed by atoms with Crippen LogP contribution in [0.25, 0.3) is 0 Å². The Bertz CT molecular complexity index is 965. The van der Waals surface area contributed by atoms with Crippen molar-refractivity contribution >= 4 is 33.2 Å². The molecule has 0 spiro atoms. The third-order valence-corrected chi connectivity index (χ3v) is 5.56. The molecule has 0 aliphatic rings. The number of hydrogen-bond acceptors (Lipinski definition) is 3. The van der Waals surface area contributed by atoms with Crippen LogP contribution in [-0.4, -0.2) is 33.7 Å². The predicted octanol–water partition coefficient (Wildman–Crippen LogP) is 3.87. The van der Waals surface area contributed by atoms with Gasteiger partial charge in [-0.25, -0.2) is 8.42 Å². The molecule has 0 aromatic heterocycles. The molecule has 5 nitrogen and oxygen atoms in total. The maximum absolute atomic E-state index is 12.9. The van der Waals surface area contributed by atoms with Crippen LogP contribution in [0.15, 0.2) is 48.5 Å². The van der Waals surface area contributed by atoms with Crippen molar-refractivity contribution in [2.24, 2.45) is 0 Å². The Morgan fingerprint density at radius 2 is 1.83 bits per heavy atom. The number of nitrogens with zero attached hydrogens (tertiary/aromatic N) is 1. The third kappa shape index (κ3) is 6.93. The topological polar surface area (TPSA) is 66.5 Å². The van der Waals surface area contributed by atoms with Gasteiger partial charge in [0.25, 0.3) is 0 Å². The van der Waals surface area contributed by atoms with Gasteiger partial charge in [-0.1, -0.05) is 35.9 Å². The van der Waals surface area contributed by atoms with Crippen LogP contribution in [0.1, 0.15) is 17.5 Å². The molecule has 0 atom stereocenters. The molecule has 2 aromatic carbocycles. The molecular weight excluding hydrogens is 429 g/mol. The number of hydrogen-bond donors (Lipinski definition) is 1. The molecular formula is C19H20ClF3N2O3S. The van der Waals surface area contributed by atoms with E-state index in [2.05, 4.69) is 5.32 Å². The maximum atomic E-state index is 12.9. The summed E-state index contributed by atoms with van der Waals surface area (Å²) >= 11 is 6.06. The lowest BCUT2D eigenvalue weighted by molar-refractivity contribution is -0.137. The Morgan fingerprint density at radius 3 is 2.45 bits per heavy atom. The lowest BCUT2D eigenvalue weighted by Gasteiger charge is -2.22. The average molecular weight is 449 g/mol. The van der Waals surface area contributed by atoms with Crippen molar-refractivity contribution < 1.29 is 26.4 Å². The van der Waals surface area contributed by atoms with Gasteiger partial charge < -0.3 is 5.32 Å². The maximum Gasteiger partial charge on any atom is 0.416 e. The highest BCUT2D eigenvalue weighted by molar-refractivity contribution is 7.92. The van der Waals surface area contributed by atoms with Crippen molar-refractivity contribution in [3.8, 4) is 0 Å². The van der Waals surface area contributed by atoms with Crippen LogP contribution in [0.2, 0.25) is 5.02 Å². The molecule has 1 N–H and O–H groups in total. The summed E-state index contributed by atoms with van der Waals surface area (Å²) in [5.74, 6) is -0.619. The highest BCUT2D eigenvalue weighted by Gasteiger charge is 2.31. The van der Waals surface area contributed by atoms with Gasteiger partial charge >= 0.3 is 6.18 Å². The molecule has 0 saturated carbocycles. The molecule has 0 bridgehead atoms. The number of halogens is 4. The van der Waals surface area contributed by atoms with E-state index in [1.54, 1.807) is 12.1 Å². The normalized spacial score (nSPS) is 11.9. The Hall–Kier alpha value is -2.26. The lowest BCUT2D eigenvalue weighted by Crippen LogP contribution is -2.40. The molecule has 0 radical (unpaired) electrons. The minimum absolute atomic E-state index is 0.228. The van der Waals surface area contributed by atoms with Gasteiger partial charge in [-0.2, -0.15) is 13.2 Å². The SMILES string of the molecule is CS(=O)(=O)N(CC(=O)NCCCc1ccccc1Cl)c1cccc(C(F)(F)F)c1. The second-order valence-electron chi connectivity index (χ2n) is 6.36. The van der Waals surface area contributed by atoms with Crippen LogP contribution in [0, 0.1) is 0 Å². The van der Waals surface area contributed by atoms with E-state index in [0.29, 0.717) is 28.2 Å². The summed E-state index contributed by atoms with van der Waals surface area (Å²) in [6.45, 7) is -0.351. The summed E-state index contributed by atoms with van der Waals surface area (Å²) in [4.78, 5) is 12.2. The number of aryl methyl sites for hydroxylation is 1. The first-order valence-electron chi connectivity index (χ1n) is 8.63. The van der Waals surface area contributed by atoms with Crippen molar-refractivity contribution in [3.63, 3.8) is 0 Å². The van der Waals surface area contributed by atoms with Crippen LogP contribution in [0.5, 0.6) is 0 Å². The zero-order chi connectivity index (χ0) is 21.7. The monoisotopic (exact) mass is 448 g/mol. The first-order chi connectivity index (χ1) is 13.5. The number of carbonyl (C=O) groups is 1. The van der Waals surface area contributed by atoms with E-state index in [1.807, 2.05) is 12.1 Å². The zero-order valence-electron chi connectivity index (χ0n) is 15.5. The number of benzene rings is 2. The van der Waals surface area contributed by atoms with Gasteiger partial charge in [0.1, 0.15) is 6.54 Å². The van der Waals surface area contributed by atoms with Gasteiger partial charge in [-0.05, 0) is 42.7 Å². The highest BCUT2D eigenvalue weighted by atomic mass is 35.5. The van der Waals surface area contributed by atoms with Crippen LogP contribution >= 0.6 is 11.6 Å². The van der Waals surface area contributed by atoms with Crippen LogP contribution in [-0.2, 0) is 27.4 Å². The molecule has 29 heavy (non-hydrogen) atoms. The Morgan fingerprint density at radius 1 is 1.14 bits per heavy atom. The van der Waals surface area contributed by atoms with Gasteiger partial charge in [0.05, 0.1) is 17.5 Å². The molecule has 158 valence electrons. The number of anilines is 1. The number of amides is 1. The number of alkyl halides is 3. The standard InChI is InChI=1S/C19H20ClF3N2O3S/c1-29(27,28)25(16-9-4-8-15(12-16)19(21,22)23)13-18(26)24-11-5-7-14-6-2-3-10-17(14)20/h2-4,6,8-10,12H,5,7,11,13H2,1H3,(H,24,26). The van der Waals surface area contributed by atoms with Crippen molar-refractivity contribution in [1.82, 2.24) is 5.32 Å². The molecule has 10 heteroatoms. The van der Waals surface area contributed by atoms with E-state index < -0.39 is 34.2 Å². The van der Waals surface area contributed by atoms with Crippen LogP contribution in [0.4, 0.5) is 18.9 Å². The van der Waals surface area contributed by atoms with Gasteiger partial charge in [0.15, 0.2) is 0 Å². The molecule has 0 aliphatic carbocycles.